The number of hydrogen-bond acceptors (Lipinski definition) is 5. The lowest BCUT2D eigenvalue weighted by Gasteiger charge is -2.22. The summed E-state index contributed by atoms with van der Waals surface area (Å²) in [5, 5.41) is 6.11. The number of ether oxygens (including phenoxy) is 1. The third-order valence-electron chi connectivity index (χ3n) is 2.92. The first kappa shape index (κ1) is 18.9. The van der Waals surface area contributed by atoms with Crippen molar-refractivity contribution >= 4 is 12.4 Å². The number of rotatable bonds is 5. The molecule has 0 aromatic carbocycles. The minimum absolute atomic E-state index is 0.0473. The summed E-state index contributed by atoms with van der Waals surface area (Å²) in [6.45, 7) is 9.04. The summed E-state index contributed by atoms with van der Waals surface area (Å²) in [4.78, 5) is 20.4. The zero-order chi connectivity index (χ0) is 15.4. The Balaban J connectivity index is 0.000000441. The molecule has 1 aliphatic heterocycles. The molecule has 6 heteroatoms. The molecule has 0 spiro atoms. The van der Waals surface area contributed by atoms with Gasteiger partial charge in [-0.2, -0.15) is 0 Å². The van der Waals surface area contributed by atoms with Gasteiger partial charge in [0.05, 0.1) is 6.54 Å². The predicted octanol–water partition coefficient (Wildman–Crippen LogP) is 0.409. The van der Waals surface area contributed by atoms with Crippen LogP contribution in [0.2, 0.25) is 0 Å². The Morgan fingerprint density at radius 3 is 2.40 bits per heavy atom. The van der Waals surface area contributed by atoms with E-state index in [9.17, 15) is 9.59 Å². The highest BCUT2D eigenvalue weighted by molar-refractivity contribution is 5.77. The molecule has 6 nitrogen and oxygen atoms in total. The van der Waals surface area contributed by atoms with Gasteiger partial charge in [0.2, 0.25) is 5.91 Å². The number of carbonyl (C=O) groups is 2. The van der Waals surface area contributed by atoms with Crippen LogP contribution in [0.4, 0.5) is 0 Å². The van der Waals surface area contributed by atoms with Crippen molar-refractivity contribution in [3.8, 4) is 0 Å². The summed E-state index contributed by atoms with van der Waals surface area (Å²) < 4.78 is 4.55. The van der Waals surface area contributed by atoms with Crippen LogP contribution in [-0.4, -0.2) is 44.2 Å². The van der Waals surface area contributed by atoms with Crippen molar-refractivity contribution in [3.05, 3.63) is 0 Å². The van der Waals surface area contributed by atoms with E-state index in [2.05, 4.69) is 15.4 Å². The van der Waals surface area contributed by atoms with Crippen LogP contribution in [0.15, 0.2) is 0 Å². The van der Waals surface area contributed by atoms with Crippen LogP contribution in [0.25, 0.3) is 0 Å². The van der Waals surface area contributed by atoms with Crippen LogP contribution >= 0.6 is 0 Å². The number of nitrogens with two attached hydrogens (primary N) is 1. The Morgan fingerprint density at radius 1 is 1.40 bits per heavy atom. The number of hydrogen-bond donors (Lipinski definition) is 3. The van der Waals surface area contributed by atoms with Gasteiger partial charge >= 0.3 is 0 Å². The van der Waals surface area contributed by atoms with Crippen LogP contribution < -0.4 is 16.4 Å². The van der Waals surface area contributed by atoms with Gasteiger partial charge in [-0.1, -0.05) is 0 Å². The van der Waals surface area contributed by atoms with Crippen molar-refractivity contribution in [2.24, 2.45) is 11.7 Å². The van der Waals surface area contributed by atoms with E-state index >= 15 is 0 Å². The molecule has 1 heterocycles. The Hall–Kier alpha value is -1.14. The molecule has 0 unspecified atom stereocenters. The summed E-state index contributed by atoms with van der Waals surface area (Å²) in [5.41, 5.74) is 4.85. The Labute approximate surface area is 121 Å². The SMILES string of the molecule is CC(C)(C)OC=O.NCC(=O)NCCC1CCNCC1. The first-order valence-electron chi connectivity index (χ1n) is 7.18. The van der Waals surface area contributed by atoms with E-state index in [0.29, 0.717) is 6.47 Å². The third-order valence-corrected chi connectivity index (χ3v) is 2.92. The van der Waals surface area contributed by atoms with Crippen molar-refractivity contribution < 1.29 is 14.3 Å². The van der Waals surface area contributed by atoms with E-state index in [1.165, 1.54) is 12.8 Å². The molecule has 1 amide bonds. The van der Waals surface area contributed by atoms with E-state index in [-0.39, 0.29) is 18.1 Å². The first-order chi connectivity index (χ1) is 9.39. The van der Waals surface area contributed by atoms with Gasteiger partial charge in [0, 0.05) is 6.54 Å². The quantitative estimate of drug-likeness (QED) is 0.637. The number of piperidine rings is 1. The molecule has 1 rings (SSSR count). The van der Waals surface area contributed by atoms with Gasteiger partial charge < -0.3 is 21.1 Å². The van der Waals surface area contributed by atoms with Crippen LogP contribution in [-0.2, 0) is 14.3 Å². The molecule has 0 aromatic rings. The van der Waals surface area contributed by atoms with Crippen molar-refractivity contribution in [2.75, 3.05) is 26.2 Å². The second-order valence-electron chi connectivity index (χ2n) is 5.86. The summed E-state index contributed by atoms with van der Waals surface area (Å²) in [6.07, 6.45) is 3.56. The first-order valence-corrected chi connectivity index (χ1v) is 7.18. The summed E-state index contributed by atoms with van der Waals surface area (Å²) in [6, 6.07) is 0. The lowest BCUT2D eigenvalue weighted by molar-refractivity contribution is -0.138. The average Bonchev–Trinajstić information content (AvgIpc) is 2.39. The maximum atomic E-state index is 10.8. The smallest absolute Gasteiger partial charge is 0.293 e. The monoisotopic (exact) mass is 287 g/mol. The maximum absolute atomic E-state index is 10.8. The molecule has 0 bridgehead atoms. The normalized spacial score (nSPS) is 15.8. The predicted molar refractivity (Wildman–Crippen MR) is 79.2 cm³/mol. The van der Waals surface area contributed by atoms with Crippen molar-refractivity contribution in [1.82, 2.24) is 10.6 Å². The minimum Gasteiger partial charge on any atom is -0.462 e. The minimum atomic E-state index is -0.318. The molecular weight excluding hydrogens is 258 g/mol. The van der Waals surface area contributed by atoms with E-state index in [1.807, 2.05) is 20.8 Å². The molecule has 0 saturated carbocycles. The van der Waals surface area contributed by atoms with Gasteiger partial charge in [0.25, 0.3) is 6.47 Å². The molecule has 0 aromatic heterocycles. The second-order valence-corrected chi connectivity index (χ2v) is 5.86. The third kappa shape index (κ3) is 11.9. The Morgan fingerprint density at radius 2 is 2.00 bits per heavy atom. The molecule has 0 radical (unpaired) electrons. The number of amides is 1. The fourth-order valence-electron chi connectivity index (χ4n) is 1.80. The summed E-state index contributed by atoms with van der Waals surface area (Å²) in [5.74, 6) is 0.730. The van der Waals surface area contributed by atoms with E-state index in [0.717, 1.165) is 32.0 Å². The fraction of sp³-hybridized carbons (Fsp3) is 0.857. The zero-order valence-electron chi connectivity index (χ0n) is 12.9. The molecule has 20 heavy (non-hydrogen) atoms. The van der Waals surface area contributed by atoms with Crippen LogP contribution in [0.5, 0.6) is 0 Å². The van der Waals surface area contributed by atoms with Crippen molar-refractivity contribution in [2.45, 2.75) is 45.6 Å². The van der Waals surface area contributed by atoms with Gasteiger partial charge in [-0.3, -0.25) is 9.59 Å². The fourth-order valence-corrected chi connectivity index (χ4v) is 1.80. The Bertz CT molecular complexity index is 271. The van der Waals surface area contributed by atoms with Gasteiger partial charge in [-0.15, -0.1) is 0 Å². The van der Waals surface area contributed by atoms with E-state index in [1.54, 1.807) is 0 Å². The van der Waals surface area contributed by atoms with Gasteiger partial charge in [0.15, 0.2) is 0 Å². The lowest BCUT2D eigenvalue weighted by Crippen LogP contribution is -2.34. The van der Waals surface area contributed by atoms with E-state index < -0.39 is 0 Å². The van der Waals surface area contributed by atoms with Crippen LogP contribution in [0.3, 0.4) is 0 Å². The molecule has 0 aliphatic carbocycles. The number of carbonyl (C=O) groups excluding carboxylic acids is 2. The topological polar surface area (TPSA) is 93.5 Å². The molecule has 1 saturated heterocycles. The summed E-state index contributed by atoms with van der Waals surface area (Å²) >= 11 is 0. The van der Waals surface area contributed by atoms with Crippen molar-refractivity contribution in [3.63, 3.8) is 0 Å². The molecule has 118 valence electrons. The van der Waals surface area contributed by atoms with Gasteiger partial charge in [-0.25, -0.2) is 0 Å². The molecule has 4 N–H and O–H groups in total. The lowest BCUT2D eigenvalue weighted by atomic mass is 9.95. The van der Waals surface area contributed by atoms with Crippen LogP contribution in [0.1, 0.15) is 40.0 Å². The average molecular weight is 287 g/mol. The highest BCUT2D eigenvalue weighted by Gasteiger charge is 2.12. The second kappa shape index (κ2) is 10.6. The summed E-state index contributed by atoms with van der Waals surface area (Å²) in [7, 11) is 0. The Kier molecular flexibility index (Phi) is 10.0. The van der Waals surface area contributed by atoms with Crippen LogP contribution in [0, 0.1) is 5.92 Å². The highest BCUT2D eigenvalue weighted by atomic mass is 16.5. The molecule has 1 fully saturated rings. The number of nitrogens with one attached hydrogen (secondary N) is 2. The van der Waals surface area contributed by atoms with Gasteiger partial charge in [-0.05, 0) is 59.0 Å². The highest BCUT2D eigenvalue weighted by Crippen LogP contribution is 2.14. The maximum Gasteiger partial charge on any atom is 0.293 e. The standard InChI is InChI=1S/C9H19N3O.C5H10O2/c10-7-9(13)12-6-3-8-1-4-11-5-2-8;1-5(2,3)7-4-6/h8,11H,1-7,10H2,(H,12,13);4H,1-3H3. The largest absolute Gasteiger partial charge is 0.462 e. The van der Waals surface area contributed by atoms with Crippen molar-refractivity contribution in [1.29, 1.82) is 0 Å². The molecule has 0 atom stereocenters. The molecule has 1 aliphatic rings. The van der Waals surface area contributed by atoms with E-state index in [4.69, 9.17) is 5.73 Å². The molecular formula is C14H29N3O3. The zero-order valence-corrected chi connectivity index (χ0v) is 12.9. The van der Waals surface area contributed by atoms with Gasteiger partial charge in [0.1, 0.15) is 5.60 Å².